The van der Waals surface area contributed by atoms with Gasteiger partial charge < -0.3 is 5.32 Å². The van der Waals surface area contributed by atoms with E-state index in [1.54, 1.807) is 6.08 Å². The van der Waals surface area contributed by atoms with E-state index in [2.05, 4.69) is 51.6 Å². The zero-order chi connectivity index (χ0) is 18.6. The second-order valence-electron chi connectivity index (χ2n) is 6.75. The van der Waals surface area contributed by atoms with Gasteiger partial charge in [0.1, 0.15) is 0 Å². The molecule has 27 heavy (non-hydrogen) atoms. The lowest BCUT2D eigenvalue weighted by Crippen LogP contribution is -2.21. The van der Waals surface area contributed by atoms with Crippen LogP contribution in [0.15, 0.2) is 66.7 Å². The molecule has 136 valence electrons. The van der Waals surface area contributed by atoms with Crippen LogP contribution in [0, 0.1) is 0 Å². The maximum atomic E-state index is 12.3. The standard InChI is InChI=1S/C22H22N4O/c1-16(18-10-6-3-7-11-18)26-14-19-20(15-26)24-25-22(19)23-21(27)13-12-17-8-4-2-5-9-17/h2-13,16H,14-15H2,1H3,(H2,23,24,25,27)/b13-12+. The Morgan fingerprint density at radius 2 is 1.81 bits per heavy atom. The zero-order valence-corrected chi connectivity index (χ0v) is 15.2. The van der Waals surface area contributed by atoms with Crippen LogP contribution in [0.5, 0.6) is 0 Å². The average molecular weight is 358 g/mol. The summed E-state index contributed by atoms with van der Waals surface area (Å²) in [7, 11) is 0. The van der Waals surface area contributed by atoms with Crippen LogP contribution in [-0.4, -0.2) is 21.0 Å². The summed E-state index contributed by atoms with van der Waals surface area (Å²) in [4.78, 5) is 14.6. The van der Waals surface area contributed by atoms with Crippen molar-refractivity contribution >= 4 is 17.8 Å². The molecule has 0 saturated heterocycles. The lowest BCUT2D eigenvalue weighted by Gasteiger charge is -2.24. The molecule has 0 radical (unpaired) electrons. The molecule has 4 rings (SSSR count). The SMILES string of the molecule is CC(c1ccccc1)N1Cc2[nH]nc(NC(=O)/C=C/c3ccccc3)c2C1. The Balaban J connectivity index is 1.42. The summed E-state index contributed by atoms with van der Waals surface area (Å²) < 4.78 is 0. The number of aromatic amines is 1. The molecule has 1 aromatic heterocycles. The summed E-state index contributed by atoms with van der Waals surface area (Å²) in [6.07, 6.45) is 3.34. The van der Waals surface area contributed by atoms with Crippen LogP contribution in [0.1, 0.15) is 35.3 Å². The Labute approximate surface area is 158 Å². The van der Waals surface area contributed by atoms with Gasteiger partial charge >= 0.3 is 0 Å². The number of carbonyl (C=O) groups is 1. The first-order valence-corrected chi connectivity index (χ1v) is 9.10. The second-order valence-corrected chi connectivity index (χ2v) is 6.75. The third-order valence-electron chi connectivity index (χ3n) is 4.97. The van der Waals surface area contributed by atoms with Gasteiger partial charge in [0.2, 0.25) is 5.91 Å². The van der Waals surface area contributed by atoms with Crippen LogP contribution in [0.2, 0.25) is 0 Å². The third kappa shape index (κ3) is 3.83. The summed E-state index contributed by atoms with van der Waals surface area (Å²) in [6, 6.07) is 20.5. The maximum absolute atomic E-state index is 12.3. The second kappa shape index (κ2) is 7.60. The van der Waals surface area contributed by atoms with E-state index in [1.807, 2.05) is 36.4 Å². The first-order chi connectivity index (χ1) is 13.2. The normalized spacial score (nSPS) is 15.0. The van der Waals surface area contributed by atoms with Crippen molar-refractivity contribution in [1.29, 1.82) is 0 Å². The number of fused-ring (bicyclic) bond motifs is 1. The van der Waals surface area contributed by atoms with Crippen molar-refractivity contribution in [2.45, 2.75) is 26.1 Å². The van der Waals surface area contributed by atoms with Crippen LogP contribution in [0.3, 0.4) is 0 Å². The van der Waals surface area contributed by atoms with Crippen molar-refractivity contribution in [1.82, 2.24) is 15.1 Å². The van der Waals surface area contributed by atoms with E-state index in [-0.39, 0.29) is 5.91 Å². The Morgan fingerprint density at radius 3 is 2.56 bits per heavy atom. The number of hydrogen-bond acceptors (Lipinski definition) is 3. The number of benzene rings is 2. The largest absolute Gasteiger partial charge is 0.305 e. The molecular formula is C22H22N4O. The number of H-pyrrole nitrogens is 1. The van der Waals surface area contributed by atoms with Gasteiger partial charge in [-0.3, -0.25) is 14.8 Å². The van der Waals surface area contributed by atoms with Gasteiger partial charge in [0.05, 0.1) is 5.69 Å². The molecule has 0 spiro atoms. The maximum Gasteiger partial charge on any atom is 0.249 e. The summed E-state index contributed by atoms with van der Waals surface area (Å²) in [5.74, 6) is 0.443. The van der Waals surface area contributed by atoms with E-state index in [0.717, 1.165) is 29.9 Å². The minimum absolute atomic E-state index is 0.178. The summed E-state index contributed by atoms with van der Waals surface area (Å²) in [6.45, 7) is 3.77. The molecule has 5 nitrogen and oxygen atoms in total. The molecule has 1 unspecified atom stereocenters. The Kier molecular flexibility index (Phi) is 4.85. The fourth-order valence-corrected chi connectivity index (χ4v) is 3.38. The van der Waals surface area contributed by atoms with Crippen molar-refractivity contribution in [2.24, 2.45) is 0 Å². The highest BCUT2D eigenvalue weighted by molar-refractivity contribution is 6.01. The fourth-order valence-electron chi connectivity index (χ4n) is 3.38. The Hall–Kier alpha value is -3.18. The summed E-state index contributed by atoms with van der Waals surface area (Å²) in [5.41, 5.74) is 4.41. The molecule has 0 fully saturated rings. The fraction of sp³-hybridized carbons (Fsp3) is 0.182. The van der Waals surface area contributed by atoms with E-state index in [0.29, 0.717) is 11.9 Å². The van der Waals surface area contributed by atoms with Crippen LogP contribution in [-0.2, 0) is 17.9 Å². The van der Waals surface area contributed by atoms with Crippen molar-refractivity contribution < 1.29 is 4.79 Å². The van der Waals surface area contributed by atoms with E-state index >= 15 is 0 Å². The molecule has 1 aliphatic rings. The predicted molar refractivity (Wildman–Crippen MR) is 107 cm³/mol. The number of amides is 1. The Morgan fingerprint density at radius 1 is 1.11 bits per heavy atom. The highest BCUT2D eigenvalue weighted by atomic mass is 16.1. The van der Waals surface area contributed by atoms with Gasteiger partial charge in [-0.1, -0.05) is 60.7 Å². The van der Waals surface area contributed by atoms with Gasteiger partial charge in [-0.25, -0.2) is 0 Å². The molecular weight excluding hydrogens is 336 g/mol. The van der Waals surface area contributed by atoms with Gasteiger partial charge in [-0.15, -0.1) is 0 Å². The highest BCUT2D eigenvalue weighted by Crippen LogP contribution is 2.33. The topological polar surface area (TPSA) is 61.0 Å². The van der Waals surface area contributed by atoms with Gasteiger partial charge in [-0.2, -0.15) is 5.10 Å². The third-order valence-corrected chi connectivity index (χ3v) is 4.97. The number of nitrogens with zero attached hydrogens (tertiary/aromatic N) is 2. The molecule has 2 heterocycles. The van der Waals surface area contributed by atoms with E-state index in [4.69, 9.17) is 0 Å². The van der Waals surface area contributed by atoms with Crippen molar-refractivity contribution in [3.8, 4) is 0 Å². The summed E-state index contributed by atoms with van der Waals surface area (Å²) in [5, 5.41) is 10.3. The lowest BCUT2D eigenvalue weighted by molar-refractivity contribution is -0.111. The molecule has 0 aliphatic carbocycles. The van der Waals surface area contributed by atoms with Crippen molar-refractivity contribution in [3.63, 3.8) is 0 Å². The number of carbonyl (C=O) groups excluding carboxylic acids is 1. The van der Waals surface area contributed by atoms with Crippen LogP contribution in [0.25, 0.3) is 6.08 Å². The first-order valence-electron chi connectivity index (χ1n) is 9.10. The number of hydrogen-bond donors (Lipinski definition) is 2. The van der Waals surface area contributed by atoms with Crippen LogP contribution in [0.4, 0.5) is 5.82 Å². The number of nitrogens with one attached hydrogen (secondary N) is 2. The molecule has 2 aromatic carbocycles. The van der Waals surface area contributed by atoms with E-state index < -0.39 is 0 Å². The van der Waals surface area contributed by atoms with Crippen LogP contribution >= 0.6 is 0 Å². The number of aromatic nitrogens is 2. The molecule has 1 aliphatic heterocycles. The molecule has 1 amide bonds. The first kappa shape index (κ1) is 17.2. The smallest absolute Gasteiger partial charge is 0.249 e. The lowest BCUT2D eigenvalue weighted by atomic mass is 10.1. The summed E-state index contributed by atoms with van der Waals surface area (Å²) >= 11 is 0. The monoisotopic (exact) mass is 358 g/mol. The highest BCUT2D eigenvalue weighted by Gasteiger charge is 2.28. The van der Waals surface area contributed by atoms with E-state index in [9.17, 15) is 4.79 Å². The van der Waals surface area contributed by atoms with Gasteiger partial charge in [0.25, 0.3) is 0 Å². The number of rotatable bonds is 5. The zero-order valence-electron chi connectivity index (χ0n) is 15.2. The molecule has 2 N–H and O–H groups in total. The Bertz CT molecular complexity index is 947. The van der Waals surface area contributed by atoms with Crippen molar-refractivity contribution in [2.75, 3.05) is 5.32 Å². The molecule has 0 bridgehead atoms. The van der Waals surface area contributed by atoms with Gasteiger partial charge in [0, 0.05) is 30.8 Å². The molecule has 0 saturated carbocycles. The quantitative estimate of drug-likeness (QED) is 0.674. The average Bonchev–Trinajstić information content (AvgIpc) is 3.29. The van der Waals surface area contributed by atoms with E-state index in [1.165, 1.54) is 11.6 Å². The van der Waals surface area contributed by atoms with Gasteiger partial charge in [0.15, 0.2) is 5.82 Å². The molecule has 5 heteroatoms. The van der Waals surface area contributed by atoms with Gasteiger partial charge in [-0.05, 0) is 24.1 Å². The molecule has 3 aromatic rings. The molecule has 1 atom stereocenters. The minimum Gasteiger partial charge on any atom is -0.305 e. The minimum atomic E-state index is -0.178. The van der Waals surface area contributed by atoms with Crippen molar-refractivity contribution in [3.05, 3.63) is 89.1 Å². The van der Waals surface area contributed by atoms with Crippen LogP contribution < -0.4 is 5.32 Å². The number of anilines is 1. The predicted octanol–water partition coefficient (Wildman–Crippen LogP) is 4.14.